The van der Waals surface area contributed by atoms with E-state index >= 15 is 0 Å². The lowest BCUT2D eigenvalue weighted by Gasteiger charge is -2.17. The lowest BCUT2D eigenvalue weighted by molar-refractivity contribution is 0.235. The Morgan fingerprint density at radius 3 is 2.81 bits per heavy atom. The molecule has 1 unspecified atom stereocenters. The largest absolute Gasteiger partial charge is 0.325 e. The van der Waals surface area contributed by atoms with Crippen LogP contribution in [-0.2, 0) is 14.4 Å². The monoisotopic (exact) mass is 344 g/mol. The number of hydrogen-bond donors (Lipinski definition) is 0. The molecule has 0 spiro atoms. The van der Waals surface area contributed by atoms with E-state index in [1.54, 1.807) is 0 Å². The Balaban J connectivity index is 1.78. The second kappa shape index (κ2) is 5.83. The van der Waals surface area contributed by atoms with Crippen LogP contribution in [-0.4, -0.2) is 37.5 Å². The van der Waals surface area contributed by atoms with E-state index in [1.807, 2.05) is 6.07 Å². The number of rotatable bonds is 3. The minimum atomic E-state index is -3.44. The zero-order valence-corrected chi connectivity index (χ0v) is 13.6. The van der Waals surface area contributed by atoms with Crippen molar-refractivity contribution in [2.24, 2.45) is 0 Å². The maximum Gasteiger partial charge on any atom is 0.207 e. The van der Waals surface area contributed by atoms with Crippen molar-refractivity contribution in [3.8, 4) is 6.07 Å². The minimum Gasteiger partial charge on any atom is -0.325 e. The van der Waals surface area contributed by atoms with Gasteiger partial charge in [0.15, 0.2) is 9.84 Å². The number of fused-ring (bicyclic) bond motifs is 1. The molecule has 2 fully saturated rings. The standard InChI is InChI=1S/C13H14ClN2O3PS/c14-20-16-7-1-2-12(16)13(19-20)9-21(17,18)11-5-3-10(8-15)4-6-11/h3-6,12-13H,1-2,7,9H2/t12-,13+,20?/m1/s1. The second-order valence-electron chi connectivity index (χ2n) is 5.16. The Morgan fingerprint density at radius 2 is 2.14 bits per heavy atom. The normalized spacial score (nSPS) is 29.2. The summed E-state index contributed by atoms with van der Waals surface area (Å²) in [5.74, 6) is -0.0639. The highest BCUT2D eigenvalue weighted by Crippen LogP contribution is 2.58. The first-order valence-corrected chi connectivity index (χ1v) is 10.4. The maximum absolute atomic E-state index is 12.5. The summed E-state index contributed by atoms with van der Waals surface area (Å²) < 4.78 is 32.7. The van der Waals surface area contributed by atoms with E-state index < -0.39 is 17.5 Å². The van der Waals surface area contributed by atoms with Crippen molar-refractivity contribution in [3.63, 3.8) is 0 Å². The van der Waals surface area contributed by atoms with Crippen LogP contribution >= 0.6 is 18.9 Å². The van der Waals surface area contributed by atoms with Gasteiger partial charge in [-0.1, -0.05) is 0 Å². The third-order valence-electron chi connectivity index (χ3n) is 3.85. The molecular formula is C13H14ClN2O3PS. The molecule has 21 heavy (non-hydrogen) atoms. The van der Waals surface area contributed by atoms with E-state index in [-0.39, 0.29) is 22.8 Å². The molecule has 0 amide bonds. The molecule has 5 nitrogen and oxygen atoms in total. The van der Waals surface area contributed by atoms with E-state index in [2.05, 4.69) is 4.67 Å². The van der Waals surface area contributed by atoms with Crippen molar-refractivity contribution in [1.29, 1.82) is 5.26 Å². The van der Waals surface area contributed by atoms with Crippen LogP contribution in [0.3, 0.4) is 0 Å². The zero-order valence-electron chi connectivity index (χ0n) is 11.1. The van der Waals surface area contributed by atoms with Gasteiger partial charge in [-0.2, -0.15) is 5.26 Å². The molecule has 2 aliphatic rings. The van der Waals surface area contributed by atoms with Crippen LogP contribution in [0, 0.1) is 11.3 Å². The van der Waals surface area contributed by atoms with Gasteiger partial charge < -0.3 is 4.52 Å². The molecular weight excluding hydrogens is 331 g/mol. The molecule has 3 atom stereocenters. The van der Waals surface area contributed by atoms with E-state index in [0.717, 1.165) is 19.4 Å². The Bertz CT molecular complexity index is 674. The summed E-state index contributed by atoms with van der Waals surface area (Å²) in [6.45, 7) is 0.882. The second-order valence-corrected chi connectivity index (χ2v) is 9.24. The van der Waals surface area contributed by atoms with Gasteiger partial charge in [0.05, 0.1) is 28.4 Å². The zero-order chi connectivity index (χ0) is 15.0. The molecule has 0 aromatic heterocycles. The lowest BCUT2D eigenvalue weighted by atomic mass is 10.1. The molecule has 2 aliphatic heterocycles. The molecule has 1 aromatic carbocycles. The molecule has 3 rings (SSSR count). The van der Waals surface area contributed by atoms with Crippen LogP contribution in [0.1, 0.15) is 18.4 Å². The van der Waals surface area contributed by atoms with Gasteiger partial charge in [0.25, 0.3) is 0 Å². The average Bonchev–Trinajstić information content (AvgIpc) is 3.05. The predicted octanol–water partition coefficient (Wildman–Crippen LogP) is 2.66. The molecule has 0 saturated carbocycles. The minimum absolute atomic E-state index is 0.0639. The first kappa shape index (κ1) is 15.2. The molecule has 112 valence electrons. The Labute approximate surface area is 130 Å². The Morgan fingerprint density at radius 1 is 1.43 bits per heavy atom. The van der Waals surface area contributed by atoms with Crippen molar-refractivity contribution in [3.05, 3.63) is 29.8 Å². The quantitative estimate of drug-likeness (QED) is 0.788. The van der Waals surface area contributed by atoms with Crippen molar-refractivity contribution < 1.29 is 12.9 Å². The molecule has 2 saturated heterocycles. The molecule has 0 bridgehead atoms. The number of nitriles is 1. The summed E-state index contributed by atoms with van der Waals surface area (Å²) in [5.41, 5.74) is 0.442. The van der Waals surface area contributed by atoms with Crippen molar-refractivity contribution in [1.82, 2.24) is 4.67 Å². The van der Waals surface area contributed by atoms with Gasteiger partial charge >= 0.3 is 0 Å². The molecule has 8 heteroatoms. The highest BCUT2D eigenvalue weighted by Gasteiger charge is 2.46. The highest BCUT2D eigenvalue weighted by atomic mass is 35.7. The fourth-order valence-electron chi connectivity index (χ4n) is 2.78. The van der Waals surface area contributed by atoms with E-state index in [1.165, 1.54) is 24.3 Å². The molecule has 0 N–H and O–H groups in total. The summed E-state index contributed by atoms with van der Waals surface area (Å²) in [6.07, 6.45) is 1.60. The van der Waals surface area contributed by atoms with E-state index in [9.17, 15) is 8.42 Å². The third kappa shape index (κ3) is 2.94. The maximum atomic E-state index is 12.5. The fourth-order valence-corrected chi connectivity index (χ4v) is 6.58. The van der Waals surface area contributed by atoms with E-state index in [4.69, 9.17) is 21.0 Å². The average molecular weight is 345 g/mol. The van der Waals surface area contributed by atoms with Gasteiger partial charge in [-0.3, -0.25) is 0 Å². The van der Waals surface area contributed by atoms with Crippen LogP contribution in [0.2, 0.25) is 0 Å². The molecule has 2 heterocycles. The van der Waals surface area contributed by atoms with Crippen molar-refractivity contribution >= 4 is 28.7 Å². The van der Waals surface area contributed by atoms with Gasteiger partial charge in [-0.05, 0) is 48.3 Å². The highest BCUT2D eigenvalue weighted by molar-refractivity contribution is 7.91. The number of hydrogen-bond acceptors (Lipinski definition) is 5. The number of halogens is 1. The van der Waals surface area contributed by atoms with Crippen LogP contribution in [0.5, 0.6) is 0 Å². The first-order valence-electron chi connectivity index (χ1n) is 6.63. The van der Waals surface area contributed by atoms with Gasteiger partial charge in [0, 0.05) is 12.6 Å². The Hall–Kier alpha value is -0.700. The molecule has 1 aromatic rings. The summed E-state index contributed by atoms with van der Waals surface area (Å²) in [5, 5.41) is 8.76. The summed E-state index contributed by atoms with van der Waals surface area (Å²) in [4.78, 5) is 0.223. The number of nitrogens with zero attached hydrogens (tertiary/aromatic N) is 2. The van der Waals surface area contributed by atoms with Crippen LogP contribution in [0.25, 0.3) is 0 Å². The predicted molar refractivity (Wildman–Crippen MR) is 80.6 cm³/mol. The fraction of sp³-hybridized carbons (Fsp3) is 0.462. The summed E-state index contributed by atoms with van der Waals surface area (Å²) in [6, 6.07) is 8.05. The van der Waals surface area contributed by atoms with Crippen LogP contribution < -0.4 is 0 Å². The summed E-state index contributed by atoms with van der Waals surface area (Å²) in [7, 11) is -4.62. The topological polar surface area (TPSA) is 70.4 Å². The van der Waals surface area contributed by atoms with Crippen molar-refractivity contribution in [2.75, 3.05) is 12.3 Å². The lowest BCUT2D eigenvalue weighted by Crippen LogP contribution is -2.33. The number of sulfone groups is 1. The van der Waals surface area contributed by atoms with Crippen LogP contribution in [0.15, 0.2) is 29.2 Å². The molecule has 0 aliphatic carbocycles. The smallest absolute Gasteiger partial charge is 0.207 e. The van der Waals surface area contributed by atoms with Crippen LogP contribution in [0.4, 0.5) is 0 Å². The summed E-state index contributed by atoms with van der Waals surface area (Å²) >= 11 is 6.16. The SMILES string of the molecule is N#Cc1ccc(S(=O)(=O)C[C@@H]2OP(Cl)N3CCC[C@H]23)cc1. The van der Waals surface area contributed by atoms with Gasteiger partial charge in [-0.25, -0.2) is 13.1 Å². The molecule has 0 radical (unpaired) electrons. The van der Waals surface area contributed by atoms with Crippen molar-refractivity contribution in [2.45, 2.75) is 29.9 Å². The third-order valence-corrected chi connectivity index (χ3v) is 7.77. The van der Waals surface area contributed by atoms with Gasteiger partial charge in [-0.15, -0.1) is 0 Å². The first-order chi connectivity index (χ1) is 10.0. The van der Waals surface area contributed by atoms with E-state index in [0.29, 0.717) is 5.56 Å². The number of benzene rings is 1. The Kier molecular flexibility index (Phi) is 4.22. The van der Waals surface area contributed by atoms with Gasteiger partial charge in [0.2, 0.25) is 7.65 Å². The van der Waals surface area contributed by atoms with Gasteiger partial charge in [0.1, 0.15) is 0 Å².